The van der Waals surface area contributed by atoms with Gasteiger partial charge in [-0.25, -0.2) is 9.37 Å². The molecule has 3 nitrogen and oxygen atoms in total. The molecule has 1 amide bonds. The molecule has 0 atom stereocenters. The van der Waals surface area contributed by atoms with Crippen LogP contribution in [0.3, 0.4) is 0 Å². The van der Waals surface area contributed by atoms with Gasteiger partial charge < -0.3 is 5.32 Å². The number of carbonyl (C=O) groups is 1. The molecule has 0 radical (unpaired) electrons. The number of halogens is 1. The molecule has 1 aromatic heterocycles. The van der Waals surface area contributed by atoms with Gasteiger partial charge in [-0.1, -0.05) is 29.8 Å². The van der Waals surface area contributed by atoms with Crippen molar-refractivity contribution < 1.29 is 9.18 Å². The van der Waals surface area contributed by atoms with Gasteiger partial charge in [0.2, 0.25) is 5.91 Å². The number of rotatable bonds is 4. The predicted molar refractivity (Wildman–Crippen MR) is 72.3 cm³/mol. The molecule has 0 unspecified atom stereocenters. The monoisotopic (exact) mass is 258 g/mol. The lowest BCUT2D eigenvalue weighted by molar-refractivity contribution is -0.116. The van der Waals surface area contributed by atoms with E-state index >= 15 is 0 Å². The number of benzene rings is 1. The van der Waals surface area contributed by atoms with Gasteiger partial charge in [0.1, 0.15) is 11.6 Å². The first-order chi connectivity index (χ1) is 9.13. The average molecular weight is 258 g/mol. The van der Waals surface area contributed by atoms with Gasteiger partial charge in [0.05, 0.1) is 6.20 Å². The summed E-state index contributed by atoms with van der Waals surface area (Å²) in [5.41, 5.74) is 2.32. The van der Waals surface area contributed by atoms with Gasteiger partial charge >= 0.3 is 0 Å². The topological polar surface area (TPSA) is 42.0 Å². The molecule has 0 saturated carbocycles. The molecule has 0 aliphatic carbocycles. The van der Waals surface area contributed by atoms with E-state index in [1.54, 1.807) is 0 Å². The van der Waals surface area contributed by atoms with Crippen LogP contribution in [0.15, 0.2) is 42.6 Å². The van der Waals surface area contributed by atoms with Crippen LogP contribution in [0.5, 0.6) is 0 Å². The zero-order valence-electron chi connectivity index (χ0n) is 10.7. The average Bonchev–Trinajstić information content (AvgIpc) is 2.41. The molecule has 19 heavy (non-hydrogen) atoms. The highest BCUT2D eigenvalue weighted by Crippen LogP contribution is 2.08. The van der Waals surface area contributed by atoms with Crippen LogP contribution >= 0.6 is 0 Å². The number of pyridine rings is 1. The van der Waals surface area contributed by atoms with Crippen molar-refractivity contribution in [1.82, 2.24) is 4.98 Å². The molecule has 2 rings (SSSR count). The number of aromatic nitrogens is 1. The minimum absolute atomic E-state index is 0.125. The first-order valence-corrected chi connectivity index (χ1v) is 6.10. The van der Waals surface area contributed by atoms with Crippen LogP contribution in [0.25, 0.3) is 0 Å². The summed E-state index contributed by atoms with van der Waals surface area (Å²) < 4.78 is 12.7. The van der Waals surface area contributed by atoms with E-state index in [2.05, 4.69) is 10.3 Å². The number of carbonyl (C=O) groups excluding carboxylic acids is 1. The Hall–Kier alpha value is -2.23. The van der Waals surface area contributed by atoms with Crippen LogP contribution in [0.1, 0.15) is 17.5 Å². The number of hydrogen-bond donors (Lipinski definition) is 1. The van der Waals surface area contributed by atoms with Crippen molar-refractivity contribution in [2.24, 2.45) is 0 Å². The summed E-state index contributed by atoms with van der Waals surface area (Å²) >= 11 is 0. The summed E-state index contributed by atoms with van der Waals surface area (Å²) in [7, 11) is 0. The van der Waals surface area contributed by atoms with Gasteiger partial charge in [0.25, 0.3) is 0 Å². The molecule has 98 valence electrons. The van der Waals surface area contributed by atoms with E-state index in [1.165, 1.54) is 17.7 Å². The molecule has 4 heteroatoms. The minimum atomic E-state index is -0.419. The molecule has 1 aromatic carbocycles. The lowest BCUT2D eigenvalue weighted by atomic mass is 10.1. The van der Waals surface area contributed by atoms with Crippen LogP contribution in [0, 0.1) is 12.7 Å². The smallest absolute Gasteiger partial charge is 0.225 e. The summed E-state index contributed by atoms with van der Waals surface area (Å²) in [5.74, 6) is -0.173. The summed E-state index contributed by atoms with van der Waals surface area (Å²) in [4.78, 5) is 15.5. The van der Waals surface area contributed by atoms with E-state index in [0.717, 1.165) is 11.8 Å². The van der Waals surface area contributed by atoms with Gasteiger partial charge in [-0.15, -0.1) is 0 Å². The quantitative estimate of drug-likeness (QED) is 0.915. The molecule has 0 saturated heterocycles. The lowest BCUT2D eigenvalue weighted by Crippen LogP contribution is -2.13. The Morgan fingerprint density at radius 1 is 1.21 bits per heavy atom. The highest BCUT2D eigenvalue weighted by atomic mass is 19.1. The number of hydrogen-bond acceptors (Lipinski definition) is 2. The van der Waals surface area contributed by atoms with Crippen molar-refractivity contribution in [3.8, 4) is 0 Å². The molecule has 0 spiro atoms. The van der Waals surface area contributed by atoms with E-state index in [4.69, 9.17) is 0 Å². The molecule has 0 aliphatic rings. The van der Waals surface area contributed by atoms with Crippen LogP contribution in [0.2, 0.25) is 0 Å². The highest BCUT2D eigenvalue weighted by Gasteiger charge is 2.04. The van der Waals surface area contributed by atoms with Crippen molar-refractivity contribution in [3.05, 3.63) is 59.5 Å². The van der Waals surface area contributed by atoms with E-state index in [-0.39, 0.29) is 5.91 Å². The molecule has 1 heterocycles. The maximum Gasteiger partial charge on any atom is 0.225 e. The fourth-order valence-corrected chi connectivity index (χ4v) is 1.67. The minimum Gasteiger partial charge on any atom is -0.311 e. The number of nitrogens with zero attached hydrogens (tertiary/aromatic N) is 1. The second kappa shape index (κ2) is 6.09. The second-order valence-electron chi connectivity index (χ2n) is 4.40. The normalized spacial score (nSPS) is 10.2. The predicted octanol–water partition coefficient (Wildman–Crippen LogP) is 3.10. The van der Waals surface area contributed by atoms with E-state index in [9.17, 15) is 9.18 Å². The molecule has 0 bridgehead atoms. The van der Waals surface area contributed by atoms with E-state index in [1.807, 2.05) is 31.2 Å². The van der Waals surface area contributed by atoms with Gasteiger partial charge in [0.15, 0.2) is 0 Å². The van der Waals surface area contributed by atoms with Crippen LogP contribution < -0.4 is 5.32 Å². The summed E-state index contributed by atoms with van der Waals surface area (Å²) in [6.45, 7) is 2.02. The number of amides is 1. The highest BCUT2D eigenvalue weighted by molar-refractivity contribution is 5.89. The van der Waals surface area contributed by atoms with Crippen molar-refractivity contribution >= 4 is 11.7 Å². The van der Waals surface area contributed by atoms with E-state index < -0.39 is 5.82 Å². The SMILES string of the molecule is Cc1ccc(CCC(=O)Nc2ccc(F)cn2)cc1. The maximum absolute atomic E-state index is 12.7. The Bertz CT molecular complexity index is 549. The zero-order chi connectivity index (χ0) is 13.7. The third kappa shape index (κ3) is 4.17. The Morgan fingerprint density at radius 3 is 2.58 bits per heavy atom. The van der Waals surface area contributed by atoms with Gasteiger partial charge in [-0.3, -0.25) is 4.79 Å². The van der Waals surface area contributed by atoms with E-state index in [0.29, 0.717) is 18.7 Å². The first-order valence-electron chi connectivity index (χ1n) is 6.10. The summed E-state index contributed by atoms with van der Waals surface area (Å²) in [5, 5.41) is 2.63. The van der Waals surface area contributed by atoms with Crippen LogP contribution in [0.4, 0.5) is 10.2 Å². The molecular formula is C15H15FN2O. The third-order valence-electron chi connectivity index (χ3n) is 2.76. The first kappa shape index (κ1) is 13.2. The van der Waals surface area contributed by atoms with Crippen molar-refractivity contribution in [2.75, 3.05) is 5.32 Å². The number of nitrogens with one attached hydrogen (secondary N) is 1. The molecule has 0 fully saturated rings. The Labute approximate surface area is 111 Å². The fraction of sp³-hybridized carbons (Fsp3) is 0.200. The lowest BCUT2D eigenvalue weighted by Gasteiger charge is -2.04. The molecule has 1 N–H and O–H groups in total. The van der Waals surface area contributed by atoms with Gasteiger partial charge in [0, 0.05) is 6.42 Å². The summed E-state index contributed by atoms with van der Waals surface area (Å²) in [6, 6.07) is 10.8. The molecular weight excluding hydrogens is 243 g/mol. The standard InChI is InChI=1S/C15H15FN2O/c1-11-2-4-12(5-3-11)6-9-15(19)18-14-8-7-13(16)10-17-14/h2-5,7-8,10H,6,9H2,1H3,(H,17,18,19). The Morgan fingerprint density at radius 2 is 1.95 bits per heavy atom. The van der Waals surface area contributed by atoms with Crippen molar-refractivity contribution in [1.29, 1.82) is 0 Å². The number of aryl methyl sites for hydroxylation is 2. The second-order valence-corrected chi connectivity index (χ2v) is 4.40. The fourth-order valence-electron chi connectivity index (χ4n) is 1.67. The molecule has 2 aromatic rings. The Kier molecular flexibility index (Phi) is 4.23. The maximum atomic E-state index is 12.7. The zero-order valence-corrected chi connectivity index (χ0v) is 10.7. The van der Waals surface area contributed by atoms with Gasteiger partial charge in [-0.2, -0.15) is 0 Å². The largest absolute Gasteiger partial charge is 0.311 e. The third-order valence-corrected chi connectivity index (χ3v) is 2.76. The number of anilines is 1. The molecule has 0 aliphatic heterocycles. The Balaban J connectivity index is 1.84. The van der Waals surface area contributed by atoms with Crippen molar-refractivity contribution in [2.45, 2.75) is 19.8 Å². The van der Waals surface area contributed by atoms with Crippen LogP contribution in [-0.4, -0.2) is 10.9 Å². The van der Waals surface area contributed by atoms with Gasteiger partial charge in [-0.05, 0) is 31.0 Å². The van der Waals surface area contributed by atoms with Crippen LogP contribution in [-0.2, 0) is 11.2 Å². The van der Waals surface area contributed by atoms with Crippen molar-refractivity contribution in [3.63, 3.8) is 0 Å². The summed E-state index contributed by atoms with van der Waals surface area (Å²) in [6.07, 6.45) is 2.13.